The van der Waals surface area contributed by atoms with E-state index in [0.29, 0.717) is 5.92 Å². The van der Waals surface area contributed by atoms with E-state index >= 15 is 0 Å². The van der Waals surface area contributed by atoms with Gasteiger partial charge in [0, 0.05) is 18.0 Å². The average molecular weight is 383 g/mol. The Labute approximate surface area is 152 Å². The molecule has 1 aromatic heterocycles. The molecule has 0 fully saturated rings. The maximum absolute atomic E-state index is 12.3. The van der Waals surface area contributed by atoms with Crippen molar-refractivity contribution in [1.29, 1.82) is 0 Å². The minimum atomic E-state index is -3.73. The standard InChI is InChI=1S/C17H22N2O4S2/c1-11(2)12-4-6-13(7-5-12)15(18)9-19-25(21,22)14-8-16(24-10-14)17(20)23-3/h4-8,10-11,15,19H,9,18H2,1-3H3. The second-order valence-corrected chi connectivity index (χ2v) is 8.60. The fraction of sp³-hybridized carbons (Fsp3) is 0.353. The molecule has 25 heavy (non-hydrogen) atoms. The SMILES string of the molecule is COC(=O)c1cc(S(=O)(=O)NCC(N)c2ccc(C(C)C)cc2)cs1. The Morgan fingerprint density at radius 2 is 1.84 bits per heavy atom. The molecule has 8 heteroatoms. The zero-order valence-electron chi connectivity index (χ0n) is 14.4. The largest absolute Gasteiger partial charge is 0.465 e. The molecule has 0 saturated carbocycles. The van der Waals surface area contributed by atoms with Gasteiger partial charge in [-0.05, 0) is 23.1 Å². The lowest BCUT2D eigenvalue weighted by atomic mass is 9.99. The summed E-state index contributed by atoms with van der Waals surface area (Å²) in [4.78, 5) is 11.7. The van der Waals surface area contributed by atoms with Crippen LogP contribution >= 0.6 is 11.3 Å². The van der Waals surface area contributed by atoms with Crippen LogP contribution in [0.1, 0.15) is 46.6 Å². The predicted octanol–water partition coefficient (Wildman–Crippen LogP) is 2.64. The maximum atomic E-state index is 12.3. The smallest absolute Gasteiger partial charge is 0.348 e. The van der Waals surface area contributed by atoms with E-state index in [1.165, 1.54) is 24.1 Å². The number of thiophene rings is 1. The van der Waals surface area contributed by atoms with Gasteiger partial charge >= 0.3 is 5.97 Å². The molecular formula is C17H22N2O4S2. The molecule has 0 bridgehead atoms. The van der Waals surface area contributed by atoms with E-state index in [0.717, 1.165) is 16.9 Å². The van der Waals surface area contributed by atoms with E-state index < -0.39 is 22.0 Å². The Bertz CT molecular complexity index is 827. The summed E-state index contributed by atoms with van der Waals surface area (Å²) in [6, 6.07) is 8.64. The number of carbonyl (C=O) groups excluding carboxylic acids is 1. The van der Waals surface area contributed by atoms with Crippen molar-refractivity contribution in [2.75, 3.05) is 13.7 Å². The number of rotatable bonds is 7. The van der Waals surface area contributed by atoms with Crippen molar-refractivity contribution >= 4 is 27.3 Å². The molecule has 0 aliphatic carbocycles. The van der Waals surface area contributed by atoms with Gasteiger partial charge in [0.15, 0.2) is 0 Å². The molecule has 136 valence electrons. The highest BCUT2D eigenvalue weighted by atomic mass is 32.2. The highest BCUT2D eigenvalue weighted by molar-refractivity contribution is 7.89. The van der Waals surface area contributed by atoms with Crippen LogP contribution in [0.2, 0.25) is 0 Å². The monoisotopic (exact) mass is 382 g/mol. The Morgan fingerprint density at radius 3 is 2.40 bits per heavy atom. The molecule has 0 aliphatic rings. The summed E-state index contributed by atoms with van der Waals surface area (Å²) < 4.78 is 31.7. The normalized spacial score (nSPS) is 13.0. The summed E-state index contributed by atoms with van der Waals surface area (Å²) in [6.45, 7) is 4.27. The molecule has 3 N–H and O–H groups in total. The van der Waals surface area contributed by atoms with Crippen LogP contribution < -0.4 is 10.5 Å². The zero-order chi connectivity index (χ0) is 18.6. The fourth-order valence-corrected chi connectivity index (χ4v) is 4.45. The van der Waals surface area contributed by atoms with Crippen molar-refractivity contribution in [2.24, 2.45) is 5.73 Å². The van der Waals surface area contributed by atoms with Crippen molar-refractivity contribution in [3.8, 4) is 0 Å². The second-order valence-electron chi connectivity index (χ2n) is 5.92. The number of ether oxygens (including phenoxy) is 1. The van der Waals surface area contributed by atoms with Gasteiger partial charge < -0.3 is 10.5 Å². The number of hydrogen-bond acceptors (Lipinski definition) is 6. The summed E-state index contributed by atoms with van der Waals surface area (Å²) in [5.74, 6) is -0.139. The van der Waals surface area contributed by atoms with Crippen molar-refractivity contribution in [1.82, 2.24) is 4.72 Å². The number of esters is 1. The molecular weight excluding hydrogens is 360 g/mol. The van der Waals surface area contributed by atoms with Gasteiger partial charge in [-0.15, -0.1) is 11.3 Å². The first-order valence-electron chi connectivity index (χ1n) is 7.76. The van der Waals surface area contributed by atoms with Gasteiger partial charge in [-0.1, -0.05) is 38.1 Å². The van der Waals surface area contributed by atoms with E-state index in [9.17, 15) is 13.2 Å². The summed E-state index contributed by atoms with van der Waals surface area (Å²) in [7, 11) is -2.49. The highest BCUT2D eigenvalue weighted by Gasteiger charge is 2.20. The zero-order valence-corrected chi connectivity index (χ0v) is 16.0. The second kappa shape index (κ2) is 8.09. The molecule has 1 heterocycles. The molecule has 1 atom stereocenters. The van der Waals surface area contributed by atoms with Crippen LogP contribution in [0.3, 0.4) is 0 Å². The van der Waals surface area contributed by atoms with Crippen molar-refractivity contribution in [3.63, 3.8) is 0 Å². The molecule has 1 unspecified atom stereocenters. The van der Waals surface area contributed by atoms with Gasteiger partial charge in [-0.25, -0.2) is 17.9 Å². The van der Waals surface area contributed by atoms with Gasteiger partial charge in [0.05, 0.1) is 12.0 Å². The van der Waals surface area contributed by atoms with Crippen molar-refractivity contribution in [3.05, 3.63) is 51.7 Å². The maximum Gasteiger partial charge on any atom is 0.348 e. The third-order valence-corrected chi connectivity index (χ3v) is 6.26. The first-order chi connectivity index (χ1) is 11.7. The molecule has 0 amide bonds. The fourth-order valence-electron chi connectivity index (χ4n) is 2.20. The third kappa shape index (κ3) is 4.88. The van der Waals surface area contributed by atoms with Crippen LogP contribution in [0.4, 0.5) is 0 Å². The van der Waals surface area contributed by atoms with E-state index in [1.807, 2.05) is 24.3 Å². The van der Waals surface area contributed by atoms with E-state index in [1.54, 1.807) is 0 Å². The minimum absolute atomic E-state index is 0.0280. The topological polar surface area (TPSA) is 98.5 Å². The van der Waals surface area contributed by atoms with Crippen LogP contribution in [0, 0.1) is 0 Å². The third-order valence-electron chi connectivity index (χ3n) is 3.80. The minimum Gasteiger partial charge on any atom is -0.465 e. The Hall–Kier alpha value is -1.74. The molecule has 2 aromatic rings. The summed E-state index contributed by atoms with van der Waals surface area (Å²) in [5, 5.41) is 1.40. The summed E-state index contributed by atoms with van der Waals surface area (Å²) >= 11 is 1.02. The lowest BCUT2D eigenvalue weighted by molar-refractivity contribution is 0.0606. The predicted molar refractivity (Wildman–Crippen MR) is 98.3 cm³/mol. The van der Waals surface area contributed by atoms with Gasteiger partial charge in [0.2, 0.25) is 10.0 Å². The lowest BCUT2D eigenvalue weighted by Crippen LogP contribution is -2.31. The van der Waals surface area contributed by atoms with Gasteiger partial charge in [0.25, 0.3) is 0 Å². The molecule has 1 aromatic carbocycles. The number of nitrogens with two attached hydrogens (primary N) is 1. The van der Waals surface area contributed by atoms with Gasteiger partial charge in [0.1, 0.15) is 4.88 Å². The van der Waals surface area contributed by atoms with Gasteiger partial charge in [-0.2, -0.15) is 0 Å². The molecule has 2 rings (SSSR count). The number of methoxy groups -OCH3 is 1. The lowest BCUT2D eigenvalue weighted by Gasteiger charge is -2.14. The summed E-state index contributed by atoms with van der Waals surface area (Å²) in [5.41, 5.74) is 8.14. The van der Waals surface area contributed by atoms with Crippen molar-refractivity contribution in [2.45, 2.75) is 30.7 Å². The average Bonchev–Trinajstić information content (AvgIpc) is 3.10. The van der Waals surface area contributed by atoms with Crippen LogP contribution in [0.15, 0.2) is 40.6 Å². The molecule has 0 aliphatic heterocycles. The van der Waals surface area contributed by atoms with E-state index in [-0.39, 0.29) is 16.3 Å². The molecule has 0 spiro atoms. The van der Waals surface area contributed by atoms with Crippen LogP contribution in [-0.4, -0.2) is 28.0 Å². The quantitative estimate of drug-likeness (QED) is 0.717. The van der Waals surface area contributed by atoms with E-state index in [4.69, 9.17) is 5.73 Å². The molecule has 6 nitrogen and oxygen atoms in total. The molecule has 0 saturated heterocycles. The first-order valence-corrected chi connectivity index (χ1v) is 10.1. The highest BCUT2D eigenvalue weighted by Crippen LogP contribution is 2.21. The number of sulfonamides is 1. The van der Waals surface area contributed by atoms with E-state index in [2.05, 4.69) is 23.3 Å². The number of nitrogens with one attached hydrogen (secondary N) is 1. The Kier molecular flexibility index (Phi) is 6.34. The Balaban J connectivity index is 2.03. The summed E-state index contributed by atoms with van der Waals surface area (Å²) in [6.07, 6.45) is 0. The van der Waals surface area contributed by atoms with Crippen LogP contribution in [-0.2, 0) is 14.8 Å². The number of hydrogen-bond donors (Lipinski definition) is 2. The molecule has 0 radical (unpaired) electrons. The number of carbonyl (C=O) groups is 1. The Morgan fingerprint density at radius 1 is 1.24 bits per heavy atom. The first kappa shape index (κ1) is 19.6. The van der Waals surface area contributed by atoms with Crippen LogP contribution in [0.5, 0.6) is 0 Å². The van der Waals surface area contributed by atoms with Crippen LogP contribution in [0.25, 0.3) is 0 Å². The number of benzene rings is 1. The van der Waals surface area contributed by atoms with Crippen molar-refractivity contribution < 1.29 is 17.9 Å². The van der Waals surface area contributed by atoms with Gasteiger partial charge in [-0.3, -0.25) is 0 Å².